The molecule has 0 spiro atoms. The molecular weight excluding hydrogens is 452 g/mol. The number of rotatable bonds is 6. The first-order valence-electron chi connectivity index (χ1n) is 13.4. The Kier molecular flexibility index (Phi) is 10.6. The van der Waals surface area contributed by atoms with E-state index in [0.29, 0.717) is 36.9 Å². The predicted octanol–water partition coefficient (Wildman–Crippen LogP) is 5.73. The molecule has 0 radical (unpaired) electrons. The van der Waals surface area contributed by atoms with Crippen molar-refractivity contribution < 1.29 is 19.1 Å². The number of hydrogen-bond donors (Lipinski definition) is 0. The van der Waals surface area contributed by atoms with E-state index in [9.17, 15) is 9.59 Å². The zero-order valence-electron chi connectivity index (χ0n) is 22.4. The quantitative estimate of drug-likeness (QED) is 0.514. The molecule has 0 fully saturated rings. The minimum absolute atomic E-state index is 0.0000184. The van der Waals surface area contributed by atoms with E-state index < -0.39 is 0 Å². The van der Waals surface area contributed by atoms with Crippen LogP contribution in [-0.2, 0) is 4.79 Å². The molecule has 1 heterocycles. The third-order valence-electron chi connectivity index (χ3n) is 6.74. The Bertz CT molecular complexity index is 990. The molecular formula is C30H42N2O4. The smallest absolute Gasteiger partial charge is 0.260 e. The third kappa shape index (κ3) is 7.74. The van der Waals surface area contributed by atoms with E-state index in [1.165, 1.54) is 0 Å². The summed E-state index contributed by atoms with van der Waals surface area (Å²) in [5, 5.41) is 0. The Morgan fingerprint density at radius 1 is 1.03 bits per heavy atom. The molecule has 2 aromatic carbocycles. The van der Waals surface area contributed by atoms with Gasteiger partial charge in [0.25, 0.3) is 11.8 Å². The van der Waals surface area contributed by atoms with E-state index in [4.69, 9.17) is 9.47 Å². The molecule has 0 N–H and O–H groups in total. The van der Waals surface area contributed by atoms with Gasteiger partial charge in [-0.05, 0) is 62.8 Å². The van der Waals surface area contributed by atoms with Crippen molar-refractivity contribution in [2.24, 2.45) is 5.92 Å². The van der Waals surface area contributed by atoms with Crippen LogP contribution in [0.3, 0.4) is 0 Å². The van der Waals surface area contributed by atoms with Gasteiger partial charge in [-0.25, -0.2) is 0 Å². The number of fused-ring (bicyclic) bond motifs is 1. The first kappa shape index (κ1) is 27.6. The van der Waals surface area contributed by atoms with Crippen molar-refractivity contribution in [1.29, 1.82) is 0 Å². The van der Waals surface area contributed by atoms with E-state index in [0.717, 1.165) is 50.0 Å². The Morgan fingerprint density at radius 2 is 1.72 bits per heavy atom. The summed E-state index contributed by atoms with van der Waals surface area (Å²) in [5.41, 5.74) is 1.59. The van der Waals surface area contributed by atoms with Crippen molar-refractivity contribution in [3.05, 3.63) is 59.7 Å². The van der Waals surface area contributed by atoms with Gasteiger partial charge in [-0.2, -0.15) is 0 Å². The molecule has 36 heavy (non-hydrogen) atoms. The molecule has 0 aliphatic carbocycles. The van der Waals surface area contributed by atoms with Crippen LogP contribution in [0.4, 0.5) is 0 Å². The number of hydrogen-bond acceptors (Lipinski definition) is 4. The highest BCUT2D eigenvalue weighted by molar-refractivity contribution is 5.96. The number of carbonyl (C=O) groups excluding carboxylic acids is 2. The molecule has 0 aromatic heterocycles. The summed E-state index contributed by atoms with van der Waals surface area (Å²) >= 11 is 0. The van der Waals surface area contributed by atoms with Crippen molar-refractivity contribution in [3.8, 4) is 11.5 Å². The SMILES string of the molecule is CCN1CCCCCCN(C(=O)COc2ccccc2C)[C@@H](CC(C)C)COc2ccccc2C1=O. The maximum absolute atomic E-state index is 13.5. The molecule has 0 saturated carbocycles. The maximum Gasteiger partial charge on any atom is 0.260 e. The molecule has 0 saturated heterocycles. The van der Waals surface area contributed by atoms with Crippen LogP contribution >= 0.6 is 0 Å². The summed E-state index contributed by atoms with van der Waals surface area (Å²) in [6.07, 6.45) is 4.72. The van der Waals surface area contributed by atoms with Gasteiger partial charge >= 0.3 is 0 Å². The van der Waals surface area contributed by atoms with Crippen LogP contribution in [-0.4, -0.2) is 60.5 Å². The summed E-state index contributed by atoms with van der Waals surface area (Å²) in [7, 11) is 0. The Morgan fingerprint density at radius 3 is 2.44 bits per heavy atom. The standard InChI is InChI=1S/C30H42N2O4/c1-5-31-18-12-6-7-13-19-32(29(33)22-36-27-16-10-8-14-24(27)4)25(20-23(2)3)21-35-28-17-11-9-15-26(28)30(31)34/h8-11,14-17,23,25H,5-7,12-13,18-22H2,1-4H3/t25-/m0/s1. The minimum atomic E-state index is -0.105. The number of carbonyl (C=O) groups is 2. The molecule has 2 aromatic rings. The highest BCUT2D eigenvalue weighted by Crippen LogP contribution is 2.24. The average Bonchev–Trinajstić information content (AvgIpc) is 2.87. The Labute approximate surface area is 216 Å². The van der Waals surface area contributed by atoms with Crippen LogP contribution in [0.15, 0.2) is 48.5 Å². The topological polar surface area (TPSA) is 59.1 Å². The van der Waals surface area contributed by atoms with Crippen molar-refractivity contribution >= 4 is 11.8 Å². The first-order valence-corrected chi connectivity index (χ1v) is 13.4. The van der Waals surface area contributed by atoms with E-state index in [1.54, 1.807) is 0 Å². The van der Waals surface area contributed by atoms with Crippen molar-refractivity contribution in [2.45, 2.75) is 65.8 Å². The fourth-order valence-electron chi connectivity index (χ4n) is 4.75. The van der Waals surface area contributed by atoms with E-state index in [2.05, 4.69) is 13.8 Å². The normalized spacial score (nSPS) is 17.8. The lowest BCUT2D eigenvalue weighted by atomic mass is 10.0. The average molecular weight is 495 g/mol. The lowest BCUT2D eigenvalue weighted by molar-refractivity contribution is -0.137. The molecule has 6 heteroatoms. The summed E-state index contributed by atoms with van der Waals surface area (Å²) in [4.78, 5) is 30.6. The second kappa shape index (κ2) is 13.9. The number of nitrogens with zero attached hydrogens (tertiary/aromatic N) is 2. The summed E-state index contributed by atoms with van der Waals surface area (Å²) in [6.45, 7) is 10.7. The monoisotopic (exact) mass is 494 g/mol. The molecule has 6 nitrogen and oxygen atoms in total. The highest BCUT2D eigenvalue weighted by Gasteiger charge is 2.27. The predicted molar refractivity (Wildman–Crippen MR) is 144 cm³/mol. The molecule has 1 aliphatic rings. The number of amides is 2. The summed E-state index contributed by atoms with van der Waals surface area (Å²) in [5.74, 6) is 1.68. The number of benzene rings is 2. The molecule has 0 unspecified atom stereocenters. The second-order valence-corrected chi connectivity index (χ2v) is 10.0. The van der Waals surface area contributed by atoms with Crippen LogP contribution < -0.4 is 9.47 Å². The first-order chi connectivity index (χ1) is 17.4. The zero-order valence-corrected chi connectivity index (χ0v) is 22.4. The number of para-hydroxylation sites is 2. The van der Waals surface area contributed by atoms with Gasteiger partial charge in [-0.3, -0.25) is 9.59 Å². The number of ether oxygens (including phenoxy) is 2. The van der Waals surface area contributed by atoms with Crippen molar-refractivity contribution in [3.63, 3.8) is 0 Å². The summed E-state index contributed by atoms with van der Waals surface area (Å²) < 4.78 is 12.2. The fourth-order valence-corrected chi connectivity index (χ4v) is 4.75. The lowest BCUT2D eigenvalue weighted by Gasteiger charge is -2.33. The van der Waals surface area contributed by atoms with Crippen LogP contribution in [0.1, 0.15) is 68.8 Å². The van der Waals surface area contributed by atoms with Gasteiger partial charge in [0.1, 0.15) is 18.1 Å². The van der Waals surface area contributed by atoms with Gasteiger partial charge in [0.2, 0.25) is 0 Å². The second-order valence-electron chi connectivity index (χ2n) is 10.0. The Hall–Kier alpha value is -3.02. The molecule has 196 valence electrons. The molecule has 3 rings (SSSR count). The van der Waals surface area contributed by atoms with Gasteiger partial charge in [0.05, 0.1) is 11.6 Å². The Balaban J connectivity index is 1.83. The van der Waals surface area contributed by atoms with Gasteiger partial charge in [0, 0.05) is 19.6 Å². The van der Waals surface area contributed by atoms with Crippen LogP contribution in [0.5, 0.6) is 11.5 Å². The minimum Gasteiger partial charge on any atom is -0.491 e. The molecule has 1 aliphatic heterocycles. The van der Waals surface area contributed by atoms with E-state index in [-0.39, 0.29) is 24.5 Å². The zero-order chi connectivity index (χ0) is 25.9. The van der Waals surface area contributed by atoms with Gasteiger partial charge in [0.15, 0.2) is 6.61 Å². The molecule has 2 amide bonds. The third-order valence-corrected chi connectivity index (χ3v) is 6.74. The van der Waals surface area contributed by atoms with Gasteiger partial charge in [-0.15, -0.1) is 0 Å². The van der Waals surface area contributed by atoms with E-state index in [1.807, 2.05) is 72.2 Å². The number of aryl methyl sites for hydroxylation is 1. The fraction of sp³-hybridized carbons (Fsp3) is 0.533. The molecule has 0 bridgehead atoms. The molecule has 1 atom stereocenters. The van der Waals surface area contributed by atoms with Gasteiger partial charge in [-0.1, -0.05) is 57.0 Å². The maximum atomic E-state index is 13.5. The van der Waals surface area contributed by atoms with Gasteiger partial charge < -0.3 is 19.3 Å². The lowest BCUT2D eigenvalue weighted by Crippen LogP contribution is -2.47. The van der Waals surface area contributed by atoms with Crippen LogP contribution in [0.25, 0.3) is 0 Å². The van der Waals surface area contributed by atoms with Crippen molar-refractivity contribution in [1.82, 2.24) is 9.80 Å². The van der Waals surface area contributed by atoms with Crippen LogP contribution in [0, 0.1) is 12.8 Å². The largest absolute Gasteiger partial charge is 0.491 e. The van der Waals surface area contributed by atoms with Crippen LogP contribution in [0.2, 0.25) is 0 Å². The van der Waals surface area contributed by atoms with Crippen molar-refractivity contribution in [2.75, 3.05) is 32.8 Å². The van der Waals surface area contributed by atoms with E-state index >= 15 is 0 Å². The summed E-state index contributed by atoms with van der Waals surface area (Å²) in [6, 6.07) is 15.1. The highest BCUT2D eigenvalue weighted by atomic mass is 16.5.